The van der Waals surface area contributed by atoms with Crippen molar-refractivity contribution in [3.8, 4) is 0 Å². The van der Waals surface area contributed by atoms with E-state index < -0.39 is 0 Å². The number of fused-ring (bicyclic) bond motifs is 1. The molecule has 1 aromatic heterocycles. The van der Waals surface area contributed by atoms with Gasteiger partial charge in [0.2, 0.25) is 0 Å². The summed E-state index contributed by atoms with van der Waals surface area (Å²) in [4.78, 5) is 12.5. The summed E-state index contributed by atoms with van der Waals surface area (Å²) in [6, 6.07) is 0. The molecular weight excluding hydrogens is 246 g/mol. The number of aldehydes is 1. The monoisotopic (exact) mass is 257 g/mol. The van der Waals surface area contributed by atoms with Crippen LogP contribution in [0, 0.1) is 0 Å². The Morgan fingerprint density at radius 3 is 2.73 bits per heavy atom. The van der Waals surface area contributed by atoms with Crippen molar-refractivity contribution in [3.63, 3.8) is 0 Å². The Labute approximate surface area is 103 Å². The summed E-state index contributed by atoms with van der Waals surface area (Å²) in [5.74, 6) is 0. The largest absolute Gasteiger partial charge is 0.327 e. The van der Waals surface area contributed by atoms with Crippen molar-refractivity contribution < 1.29 is 4.79 Å². The molecule has 2 N–H and O–H groups in total. The Balaban J connectivity index is 2.63. The molecule has 1 aliphatic carbocycles. The summed E-state index contributed by atoms with van der Waals surface area (Å²) in [6.07, 6.45) is 2.67. The highest BCUT2D eigenvalue weighted by atomic mass is 32.2. The normalized spacial score (nSPS) is 15.4. The lowest BCUT2D eigenvalue weighted by Gasteiger charge is -2.17. The van der Waals surface area contributed by atoms with Crippen LogP contribution in [0.25, 0.3) is 4.91 Å². The van der Waals surface area contributed by atoms with Gasteiger partial charge in [0.1, 0.15) is 0 Å². The first-order valence-electron chi connectivity index (χ1n) is 4.60. The van der Waals surface area contributed by atoms with Gasteiger partial charge in [0.25, 0.3) is 0 Å². The van der Waals surface area contributed by atoms with Crippen LogP contribution in [-0.4, -0.2) is 12.8 Å². The molecule has 0 saturated heterocycles. The van der Waals surface area contributed by atoms with Gasteiger partial charge in [-0.15, -0.1) is 36.6 Å². The van der Waals surface area contributed by atoms with E-state index in [1.165, 1.54) is 11.3 Å². The summed E-state index contributed by atoms with van der Waals surface area (Å²) in [5, 5.41) is 0. The third-order valence-corrected chi connectivity index (χ3v) is 4.62. The fourth-order valence-corrected chi connectivity index (χ4v) is 3.89. The molecule has 0 fully saturated rings. The lowest BCUT2D eigenvalue weighted by atomic mass is 9.94. The van der Waals surface area contributed by atoms with Crippen molar-refractivity contribution in [1.29, 1.82) is 0 Å². The molecule has 2 rings (SSSR count). The maximum Gasteiger partial charge on any atom is 0.160 e. The number of hydrogen-bond donors (Lipinski definition) is 3. The third-order valence-electron chi connectivity index (χ3n) is 2.62. The summed E-state index contributed by atoms with van der Waals surface area (Å²) < 4.78 is 0.864. The Hall–Kier alpha value is -0.230. The van der Waals surface area contributed by atoms with Crippen LogP contribution in [0.15, 0.2) is 9.78 Å². The zero-order valence-electron chi connectivity index (χ0n) is 7.99. The van der Waals surface area contributed by atoms with Crippen molar-refractivity contribution in [2.45, 2.75) is 17.1 Å². The summed E-state index contributed by atoms with van der Waals surface area (Å²) >= 11 is 10.3. The van der Waals surface area contributed by atoms with Crippen molar-refractivity contribution >= 4 is 47.8 Å². The number of rotatable bonds is 2. The molecule has 0 unspecified atom stereocenters. The minimum atomic E-state index is 0.526. The van der Waals surface area contributed by atoms with Crippen LogP contribution >= 0.6 is 36.6 Å². The highest BCUT2D eigenvalue weighted by molar-refractivity contribution is 7.90. The fourth-order valence-electron chi connectivity index (χ4n) is 1.83. The highest BCUT2D eigenvalue weighted by Gasteiger charge is 2.23. The molecule has 0 aromatic carbocycles. The van der Waals surface area contributed by atoms with E-state index >= 15 is 0 Å². The molecule has 0 saturated carbocycles. The van der Waals surface area contributed by atoms with E-state index in [0.29, 0.717) is 6.54 Å². The van der Waals surface area contributed by atoms with Crippen LogP contribution in [0.2, 0.25) is 0 Å². The molecule has 0 radical (unpaired) electrons. The molecule has 1 aliphatic rings. The van der Waals surface area contributed by atoms with Crippen LogP contribution < -0.4 is 5.73 Å². The Bertz CT molecular complexity index is 448. The van der Waals surface area contributed by atoms with Crippen molar-refractivity contribution in [1.82, 2.24) is 0 Å². The lowest BCUT2D eigenvalue weighted by Crippen LogP contribution is -2.10. The Kier molecular flexibility index (Phi) is 3.25. The topological polar surface area (TPSA) is 43.1 Å². The summed E-state index contributed by atoms with van der Waals surface area (Å²) in [5.41, 5.74) is 8.89. The zero-order chi connectivity index (χ0) is 11.0. The van der Waals surface area contributed by atoms with Crippen LogP contribution in [-0.2, 0) is 6.42 Å². The Morgan fingerprint density at radius 2 is 2.13 bits per heavy atom. The predicted molar refractivity (Wildman–Crippen MR) is 70.2 cm³/mol. The van der Waals surface area contributed by atoms with E-state index in [1.807, 2.05) is 0 Å². The van der Waals surface area contributed by atoms with Gasteiger partial charge in [-0.25, -0.2) is 0 Å². The highest BCUT2D eigenvalue weighted by Crippen LogP contribution is 2.42. The molecule has 15 heavy (non-hydrogen) atoms. The van der Waals surface area contributed by atoms with E-state index in [4.69, 9.17) is 5.73 Å². The van der Waals surface area contributed by atoms with Gasteiger partial charge in [-0.2, -0.15) is 0 Å². The molecule has 80 valence electrons. The van der Waals surface area contributed by atoms with Gasteiger partial charge in [-0.3, -0.25) is 4.79 Å². The standard InChI is InChI=1S/C10H11NOS3/c11-3-5-1-2-6-7(4-12)15-10(14)8(6)9(5)13/h4,13-14H,1-3,11H2. The molecule has 0 bridgehead atoms. The maximum absolute atomic E-state index is 10.9. The first-order chi connectivity index (χ1) is 7.19. The number of hydrogen-bond acceptors (Lipinski definition) is 5. The third kappa shape index (κ3) is 1.78. The quantitative estimate of drug-likeness (QED) is 0.562. The molecule has 5 heteroatoms. The first kappa shape index (κ1) is 11.3. The smallest absolute Gasteiger partial charge is 0.160 e. The number of thiol groups is 2. The average Bonchev–Trinajstić information content (AvgIpc) is 2.56. The van der Waals surface area contributed by atoms with Gasteiger partial charge in [0.05, 0.1) is 9.09 Å². The van der Waals surface area contributed by atoms with E-state index in [0.717, 1.165) is 49.8 Å². The van der Waals surface area contributed by atoms with Crippen LogP contribution in [0.4, 0.5) is 0 Å². The van der Waals surface area contributed by atoms with Crippen molar-refractivity contribution in [2.75, 3.05) is 6.54 Å². The molecule has 0 aliphatic heterocycles. The number of carbonyl (C=O) groups is 1. The van der Waals surface area contributed by atoms with Gasteiger partial charge >= 0.3 is 0 Å². The molecule has 2 nitrogen and oxygen atoms in total. The second kappa shape index (κ2) is 4.33. The molecular formula is C10H11NOS3. The van der Waals surface area contributed by atoms with E-state index in [2.05, 4.69) is 25.3 Å². The second-order valence-electron chi connectivity index (χ2n) is 3.40. The van der Waals surface area contributed by atoms with Crippen LogP contribution in [0.5, 0.6) is 0 Å². The SMILES string of the molecule is NCC1=C(S)c2c(S)sc(C=O)c2CC1. The summed E-state index contributed by atoms with van der Waals surface area (Å²) in [6.45, 7) is 0.526. The average molecular weight is 257 g/mol. The van der Waals surface area contributed by atoms with E-state index in [1.54, 1.807) is 0 Å². The van der Waals surface area contributed by atoms with Crippen LogP contribution in [0.3, 0.4) is 0 Å². The van der Waals surface area contributed by atoms with Gasteiger partial charge in [-0.05, 0) is 24.0 Å². The van der Waals surface area contributed by atoms with Crippen LogP contribution in [0.1, 0.15) is 27.2 Å². The molecule has 0 atom stereocenters. The second-order valence-corrected chi connectivity index (χ2v) is 5.65. The minimum Gasteiger partial charge on any atom is -0.327 e. The number of carbonyl (C=O) groups excluding carboxylic acids is 1. The zero-order valence-corrected chi connectivity index (χ0v) is 10.6. The first-order valence-corrected chi connectivity index (χ1v) is 6.31. The van der Waals surface area contributed by atoms with Gasteiger partial charge in [0.15, 0.2) is 6.29 Å². The number of nitrogens with two attached hydrogens (primary N) is 1. The number of thiophene rings is 1. The van der Waals surface area contributed by atoms with Crippen molar-refractivity contribution in [3.05, 3.63) is 21.6 Å². The van der Waals surface area contributed by atoms with Crippen molar-refractivity contribution in [2.24, 2.45) is 5.73 Å². The molecule has 1 heterocycles. The molecule has 1 aromatic rings. The molecule has 0 spiro atoms. The van der Waals surface area contributed by atoms with E-state index in [9.17, 15) is 4.79 Å². The van der Waals surface area contributed by atoms with Gasteiger partial charge in [0, 0.05) is 17.0 Å². The summed E-state index contributed by atoms with van der Waals surface area (Å²) in [7, 11) is 0. The predicted octanol–water partition coefficient (Wildman–Crippen LogP) is 2.40. The lowest BCUT2D eigenvalue weighted by molar-refractivity contribution is 0.112. The van der Waals surface area contributed by atoms with E-state index in [-0.39, 0.29) is 0 Å². The minimum absolute atomic E-state index is 0.526. The molecule has 0 amide bonds. The maximum atomic E-state index is 10.9. The Morgan fingerprint density at radius 1 is 1.40 bits per heavy atom. The fraction of sp³-hybridized carbons (Fsp3) is 0.300. The van der Waals surface area contributed by atoms with Gasteiger partial charge < -0.3 is 5.73 Å². The van der Waals surface area contributed by atoms with Gasteiger partial charge in [-0.1, -0.05) is 0 Å².